The van der Waals surface area contributed by atoms with Crippen LogP contribution in [0.4, 0.5) is 0 Å². The molecule has 1 aromatic rings. The SMILES string of the molecule is CC(C)COc1ccc(CC(=O)N(C)C2CCC(N)CC2)cc1. The number of rotatable bonds is 6. The number of ether oxygens (including phenoxy) is 1. The summed E-state index contributed by atoms with van der Waals surface area (Å²) in [7, 11) is 1.92. The fourth-order valence-corrected chi connectivity index (χ4v) is 2.96. The average Bonchev–Trinajstić information content (AvgIpc) is 2.54. The molecule has 0 bridgehead atoms. The molecule has 0 aromatic heterocycles. The van der Waals surface area contributed by atoms with Crippen molar-refractivity contribution in [2.75, 3.05) is 13.7 Å². The van der Waals surface area contributed by atoms with Crippen molar-refractivity contribution in [3.8, 4) is 5.75 Å². The lowest BCUT2D eigenvalue weighted by molar-refractivity contribution is -0.131. The second-order valence-corrected chi connectivity index (χ2v) is 7.10. The van der Waals surface area contributed by atoms with Gasteiger partial charge in [0.25, 0.3) is 0 Å². The summed E-state index contributed by atoms with van der Waals surface area (Å²) in [6.45, 7) is 4.97. The van der Waals surface area contributed by atoms with Crippen molar-refractivity contribution in [2.45, 2.75) is 58.0 Å². The van der Waals surface area contributed by atoms with Crippen molar-refractivity contribution in [3.05, 3.63) is 29.8 Å². The number of hydrogen-bond acceptors (Lipinski definition) is 3. The Kier molecular flexibility index (Phi) is 6.46. The summed E-state index contributed by atoms with van der Waals surface area (Å²) in [5.41, 5.74) is 6.97. The zero-order valence-electron chi connectivity index (χ0n) is 14.6. The molecule has 1 saturated carbocycles. The third kappa shape index (κ3) is 5.54. The van der Waals surface area contributed by atoms with Crippen LogP contribution in [0, 0.1) is 5.92 Å². The first-order chi connectivity index (χ1) is 11.0. The molecule has 1 aliphatic carbocycles. The molecule has 0 radical (unpaired) electrons. The standard InChI is InChI=1S/C19H30N2O2/c1-14(2)13-23-18-10-4-15(5-11-18)12-19(22)21(3)17-8-6-16(20)7-9-17/h4-5,10-11,14,16-17H,6-9,12-13,20H2,1-3H3. The van der Waals surface area contributed by atoms with Crippen molar-refractivity contribution in [2.24, 2.45) is 11.7 Å². The van der Waals surface area contributed by atoms with Crippen LogP contribution in [0.2, 0.25) is 0 Å². The van der Waals surface area contributed by atoms with E-state index in [1.807, 2.05) is 36.2 Å². The van der Waals surface area contributed by atoms with E-state index in [-0.39, 0.29) is 5.91 Å². The number of nitrogens with zero attached hydrogens (tertiary/aromatic N) is 1. The van der Waals surface area contributed by atoms with Crippen molar-refractivity contribution in [3.63, 3.8) is 0 Å². The van der Waals surface area contributed by atoms with Gasteiger partial charge in [0.15, 0.2) is 0 Å². The zero-order chi connectivity index (χ0) is 16.8. The Morgan fingerprint density at radius 3 is 2.39 bits per heavy atom. The second kappa shape index (κ2) is 8.34. The third-order valence-corrected chi connectivity index (χ3v) is 4.54. The molecule has 0 saturated heterocycles. The Labute approximate surface area is 140 Å². The number of carbonyl (C=O) groups excluding carboxylic acids is 1. The predicted octanol–water partition coefficient (Wildman–Crippen LogP) is 2.99. The van der Waals surface area contributed by atoms with E-state index < -0.39 is 0 Å². The van der Waals surface area contributed by atoms with Gasteiger partial charge in [-0.2, -0.15) is 0 Å². The molecule has 1 aromatic carbocycles. The van der Waals surface area contributed by atoms with E-state index in [0.29, 0.717) is 31.0 Å². The molecule has 4 heteroatoms. The Morgan fingerprint density at radius 2 is 1.83 bits per heavy atom. The maximum atomic E-state index is 12.5. The van der Waals surface area contributed by atoms with Gasteiger partial charge in [0.1, 0.15) is 5.75 Å². The smallest absolute Gasteiger partial charge is 0.226 e. The summed E-state index contributed by atoms with van der Waals surface area (Å²) in [4.78, 5) is 14.4. The van der Waals surface area contributed by atoms with Crippen LogP contribution < -0.4 is 10.5 Å². The van der Waals surface area contributed by atoms with E-state index in [0.717, 1.165) is 37.0 Å². The summed E-state index contributed by atoms with van der Waals surface area (Å²) in [5.74, 6) is 1.55. The van der Waals surface area contributed by atoms with E-state index in [9.17, 15) is 4.79 Å². The molecule has 0 aliphatic heterocycles. The lowest BCUT2D eigenvalue weighted by atomic mass is 9.91. The minimum absolute atomic E-state index is 0.182. The largest absolute Gasteiger partial charge is 0.493 e. The summed E-state index contributed by atoms with van der Waals surface area (Å²) in [5, 5.41) is 0. The molecule has 1 fully saturated rings. The van der Waals surface area contributed by atoms with Crippen molar-refractivity contribution >= 4 is 5.91 Å². The van der Waals surface area contributed by atoms with Gasteiger partial charge in [0, 0.05) is 19.1 Å². The number of likely N-dealkylation sites (N-methyl/N-ethyl adjacent to an activating group) is 1. The lowest BCUT2D eigenvalue weighted by Gasteiger charge is -2.33. The normalized spacial score (nSPS) is 21.3. The lowest BCUT2D eigenvalue weighted by Crippen LogP contribution is -2.42. The maximum absolute atomic E-state index is 12.5. The predicted molar refractivity (Wildman–Crippen MR) is 93.5 cm³/mol. The molecule has 1 amide bonds. The number of benzene rings is 1. The van der Waals surface area contributed by atoms with Gasteiger partial charge in [-0.15, -0.1) is 0 Å². The number of hydrogen-bond donors (Lipinski definition) is 1. The minimum Gasteiger partial charge on any atom is -0.493 e. The topological polar surface area (TPSA) is 55.6 Å². The third-order valence-electron chi connectivity index (χ3n) is 4.54. The summed E-state index contributed by atoms with van der Waals surface area (Å²) >= 11 is 0. The minimum atomic E-state index is 0.182. The van der Waals surface area contributed by atoms with E-state index in [2.05, 4.69) is 13.8 Å². The Morgan fingerprint density at radius 1 is 1.22 bits per heavy atom. The molecule has 128 valence electrons. The van der Waals surface area contributed by atoms with Gasteiger partial charge in [-0.1, -0.05) is 26.0 Å². The van der Waals surface area contributed by atoms with Gasteiger partial charge in [-0.25, -0.2) is 0 Å². The van der Waals surface area contributed by atoms with Crippen molar-refractivity contribution in [1.82, 2.24) is 4.90 Å². The molecule has 0 spiro atoms. The Balaban J connectivity index is 1.84. The highest BCUT2D eigenvalue weighted by molar-refractivity contribution is 5.78. The molecule has 23 heavy (non-hydrogen) atoms. The molecule has 0 heterocycles. The van der Waals surface area contributed by atoms with Crippen LogP contribution in [-0.4, -0.2) is 36.5 Å². The molecule has 2 N–H and O–H groups in total. The fourth-order valence-electron chi connectivity index (χ4n) is 2.96. The highest BCUT2D eigenvalue weighted by atomic mass is 16.5. The number of nitrogens with two attached hydrogens (primary N) is 1. The van der Waals surface area contributed by atoms with Gasteiger partial charge in [0.2, 0.25) is 5.91 Å². The highest BCUT2D eigenvalue weighted by Gasteiger charge is 2.24. The van der Waals surface area contributed by atoms with E-state index >= 15 is 0 Å². The van der Waals surface area contributed by atoms with Crippen LogP contribution >= 0.6 is 0 Å². The van der Waals surface area contributed by atoms with Crippen LogP contribution in [0.1, 0.15) is 45.1 Å². The molecule has 4 nitrogen and oxygen atoms in total. The molecular weight excluding hydrogens is 288 g/mol. The summed E-state index contributed by atoms with van der Waals surface area (Å²) < 4.78 is 5.67. The van der Waals surface area contributed by atoms with Crippen LogP contribution in [0.25, 0.3) is 0 Å². The quantitative estimate of drug-likeness (QED) is 0.877. The van der Waals surface area contributed by atoms with Crippen molar-refractivity contribution in [1.29, 1.82) is 0 Å². The van der Waals surface area contributed by atoms with Gasteiger partial charge in [-0.05, 0) is 49.3 Å². The van der Waals surface area contributed by atoms with E-state index in [4.69, 9.17) is 10.5 Å². The maximum Gasteiger partial charge on any atom is 0.226 e. The summed E-state index contributed by atoms with van der Waals surface area (Å²) in [6.07, 6.45) is 4.52. The fraction of sp³-hybridized carbons (Fsp3) is 0.632. The van der Waals surface area contributed by atoms with Crippen LogP contribution in [0.15, 0.2) is 24.3 Å². The van der Waals surface area contributed by atoms with Crippen LogP contribution in [0.3, 0.4) is 0 Å². The first-order valence-corrected chi connectivity index (χ1v) is 8.68. The number of carbonyl (C=O) groups is 1. The highest BCUT2D eigenvalue weighted by Crippen LogP contribution is 2.22. The van der Waals surface area contributed by atoms with Gasteiger partial charge in [-0.3, -0.25) is 4.79 Å². The van der Waals surface area contributed by atoms with Gasteiger partial charge in [0.05, 0.1) is 13.0 Å². The average molecular weight is 318 g/mol. The molecular formula is C19H30N2O2. The second-order valence-electron chi connectivity index (χ2n) is 7.10. The first-order valence-electron chi connectivity index (χ1n) is 8.68. The monoisotopic (exact) mass is 318 g/mol. The first kappa shape index (κ1) is 17.8. The van der Waals surface area contributed by atoms with E-state index in [1.165, 1.54) is 0 Å². The van der Waals surface area contributed by atoms with Crippen molar-refractivity contribution < 1.29 is 9.53 Å². The summed E-state index contributed by atoms with van der Waals surface area (Å²) in [6, 6.07) is 8.52. The van der Waals surface area contributed by atoms with Gasteiger partial charge < -0.3 is 15.4 Å². The Hall–Kier alpha value is -1.55. The van der Waals surface area contributed by atoms with Crippen LogP contribution in [-0.2, 0) is 11.2 Å². The van der Waals surface area contributed by atoms with Crippen LogP contribution in [0.5, 0.6) is 5.75 Å². The van der Waals surface area contributed by atoms with Gasteiger partial charge >= 0.3 is 0 Å². The molecule has 0 atom stereocenters. The zero-order valence-corrected chi connectivity index (χ0v) is 14.6. The number of amides is 1. The molecule has 2 rings (SSSR count). The van der Waals surface area contributed by atoms with E-state index in [1.54, 1.807) is 0 Å². The Bertz CT molecular complexity index is 491. The molecule has 1 aliphatic rings. The molecule has 0 unspecified atom stereocenters.